The van der Waals surface area contributed by atoms with Crippen molar-refractivity contribution in [3.8, 4) is 11.3 Å². The Bertz CT molecular complexity index is 1270. The summed E-state index contributed by atoms with van der Waals surface area (Å²) in [6.45, 7) is 5.46. The number of para-hydroxylation sites is 1. The Kier molecular flexibility index (Phi) is 5.93. The molecule has 0 radical (unpaired) electrons. The van der Waals surface area contributed by atoms with E-state index in [9.17, 15) is 9.59 Å². The standard InChI is InChI=1S/C24H23N5O3/c1-15(2)29-22(10-13-26-29)28-23(30)16(3)32-24(31)19-14-21(17-8-11-25-12-9-17)27-20-7-5-4-6-18(19)20/h4-16H,1-3H3,(H,28,30). The van der Waals surface area contributed by atoms with Crippen LogP contribution in [-0.2, 0) is 9.53 Å². The number of aromatic nitrogens is 4. The van der Waals surface area contributed by atoms with E-state index in [2.05, 4.69) is 20.4 Å². The van der Waals surface area contributed by atoms with E-state index >= 15 is 0 Å². The molecule has 0 fully saturated rings. The molecule has 0 spiro atoms. The van der Waals surface area contributed by atoms with Gasteiger partial charge in [-0.25, -0.2) is 14.5 Å². The number of anilines is 1. The van der Waals surface area contributed by atoms with Crippen molar-refractivity contribution in [2.24, 2.45) is 0 Å². The first kappa shape index (κ1) is 21.2. The third-order valence-electron chi connectivity index (χ3n) is 4.98. The SMILES string of the molecule is CC(OC(=O)c1cc(-c2ccncc2)nc2ccccc12)C(=O)Nc1ccnn1C(C)C. The molecule has 162 valence electrons. The van der Waals surface area contributed by atoms with Gasteiger partial charge in [0.2, 0.25) is 0 Å². The molecule has 8 heteroatoms. The number of fused-ring (bicyclic) bond motifs is 1. The van der Waals surface area contributed by atoms with Gasteiger partial charge in [0.25, 0.3) is 5.91 Å². The van der Waals surface area contributed by atoms with Crippen molar-refractivity contribution in [1.82, 2.24) is 19.7 Å². The maximum atomic E-state index is 13.1. The first-order chi connectivity index (χ1) is 15.4. The van der Waals surface area contributed by atoms with Crippen LogP contribution in [0, 0.1) is 0 Å². The van der Waals surface area contributed by atoms with Gasteiger partial charge in [0.1, 0.15) is 5.82 Å². The van der Waals surface area contributed by atoms with Gasteiger partial charge in [0.15, 0.2) is 6.10 Å². The number of amides is 1. The second-order valence-corrected chi connectivity index (χ2v) is 7.60. The number of hydrogen-bond acceptors (Lipinski definition) is 6. The Morgan fingerprint density at radius 2 is 1.75 bits per heavy atom. The number of carbonyl (C=O) groups excluding carboxylic acids is 2. The van der Waals surface area contributed by atoms with Crippen LogP contribution in [-0.4, -0.2) is 37.7 Å². The highest BCUT2D eigenvalue weighted by atomic mass is 16.5. The van der Waals surface area contributed by atoms with E-state index < -0.39 is 18.0 Å². The zero-order chi connectivity index (χ0) is 22.7. The van der Waals surface area contributed by atoms with E-state index in [4.69, 9.17) is 4.74 Å². The summed E-state index contributed by atoms with van der Waals surface area (Å²) < 4.78 is 7.21. The van der Waals surface area contributed by atoms with Crippen LogP contribution >= 0.6 is 0 Å². The van der Waals surface area contributed by atoms with E-state index in [-0.39, 0.29) is 6.04 Å². The summed E-state index contributed by atoms with van der Waals surface area (Å²) in [5.74, 6) is -0.491. The van der Waals surface area contributed by atoms with Crippen molar-refractivity contribution in [2.45, 2.75) is 32.9 Å². The average Bonchev–Trinajstić information content (AvgIpc) is 3.27. The Hall–Kier alpha value is -4.07. The number of rotatable bonds is 6. The number of benzene rings is 1. The first-order valence-electron chi connectivity index (χ1n) is 10.3. The largest absolute Gasteiger partial charge is 0.449 e. The third-order valence-corrected chi connectivity index (χ3v) is 4.98. The molecule has 1 N–H and O–H groups in total. The second-order valence-electron chi connectivity index (χ2n) is 7.60. The molecular formula is C24H23N5O3. The molecule has 1 aromatic carbocycles. The molecular weight excluding hydrogens is 406 g/mol. The number of carbonyl (C=O) groups is 2. The number of ether oxygens (including phenoxy) is 1. The van der Waals surface area contributed by atoms with Crippen LogP contribution in [0.3, 0.4) is 0 Å². The lowest BCUT2D eigenvalue weighted by Crippen LogP contribution is -2.31. The van der Waals surface area contributed by atoms with Crippen LogP contribution < -0.4 is 5.32 Å². The fraction of sp³-hybridized carbons (Fsp3) is 0.208. The summed E-state index contributed by atoms with van der Waals surface area (Å²) in [7, 11) is 0. The zero-order valence-electron chi connectivity index (χ0n) is 18.0. The fourth-order valence-corrected chi connectivity index (χ4v) is 3.35. The summed E-state index contributed by atoms with van der Waals surface area (Å²) in [6, 6.07) is 14.4. The second kappa shape index (κ2) is 8.97. The van der Waals surface area contributed by atoms with Crippen LogP contribution in [0.2, 0.25) is 0 Å². The number of hydrogen-bond donors (Lipinski definition) is 1. The van der Waals surface area contributed by atoms with Crippen molar-refractivity contribution in [3.05, 3.63) is 72.7 Å². The molecule has 0 aliphatic rings. The lowest BCUT2D eigenvalue weighted by atomic mass is 10.0. The average molecular weight is 429 g/mol. The molecule has 3 heterocycles. The van der Waals surface area contributed by atoms with Crippen LogP contribution in [0.25, 0.3) is 22.2 Å². The van der Waals surface area contributed by atoms with Gasteiger partial charge in [-0.2, -0.15) is 5.10 Å². The summed E-state index contributed by atoms with van der Waals surface area (Å²) in [4.78, 5) is 34.4. The zero-order valence-corrected chi connectivity index (χ0v) is 18.0. The van der Waals surface area contributed by atoms with E-state index in [1.807, 2.05) is 44.2 Å². The number of pyridine rings is 2. The molecule has 0 bridgehead atoms. The van der Waals surface area contributed by atoms with E-state index in [0.29, 0.717) is 28.0 Å². The monoisotopic (exact) mass is 429 g/mol. The van der Waals surface area contributed by atoms with Gasteiger partial charge in [-0.1, -0.05) is 18.2 Å². The molecule has 4 aromatic rings. The summed E-state index contributed by atoms with van der Waals surface area (Å²) in [5, 5.41) is 7.61. The van der Waals surface area contributed by atoms with Gasteiger partial charge < -0.3 is 10.1 Å². The molecule has 1 unspecified atom stereocenters. The van der Waals surface area contributed by atoms with Gasteiger partial charge in [-0.05, 0) is 45.0 Å². The lowest BCUT2D eigenvalue weighted by Gasteiger charge is -2.16. The fourth-order valence-electron chi connectivity index (χ4n) is 3.35. The molecule has 0 saturated heterocycles. The summed E-state index contributed by atoms with van der Waals surface area (Å²) in [5.41, 5.74) is 2.45. The highest BCUT2D eigenvalue weighted by molar-refractivity contribution is 6.05. The predicted molar refractivity (Wildman–Crippen MR) is 121 cm³/mol. The highest BCUT2D eigenvalue weighted by Crippen LogP contribution is 2.25. The van der Waals surface area contributed by atoms with Crippen molar-refractivity contribution in [3.63, 3.8) is 0 Å². The number of nitrogens with zero attached hydrogens (tertiary/aromatic N) is 4. The maximum Gasteiger partial charge on any atom is 0.339 e. The van der Waals surface area contributed by atoms with Gasteiger partial charge >= 0.3 is 5.97 Å². The van der Waals surface area contributed by atoms with E-state index in [1.165, 1.54) is 6.92 Å². The predicted octanol–water partition coefficient (Wildman–Crippen LogP) is 4.26. The minimum atomic E-state index is -1.01. The molecule has 8 nitrogen and oxygen atoms in total. The van der Waals surface area contributed by atoms with Crippen LogP contribution in [0.15, 0.2) is 67.1 Å². The van der Waals surface area contributed by atoms with Crippen molar-refractivity contribution in [2.75, 3.05) is 5.32 Å². The van der Waals surface area contributed by atoms with Crippen molar-refractivity contribution < 1.29 is 14.3 Å². The smallest absolute Gasteiger partial charge is 0.339 e. The van der Waals surface area contributed by atoms with Gasteiger partial charge in [0, 0.05) is 35.5 Å². The number of nitrogens with one attached hydrogen (secondary N) is 1. The number of esters is 1. The third kappa shape index (κ3) is 4.34. The van der Waals surface area contributed by atoms with E-state index in [1.54, 1.807) is 41.5 Å². The molecule has 32 heavy (non-hydrogen) atoms. The maximum absolute atomic E-state index is 13.1. The minimum Gasteiger partial charge on any atom is -0.449 e. The normalized spacial score (nSPS) is 12.0. The topological polar surface area (TPSA) is 99.0 Å². The molecule has 0 aliphatic carbocycles. The van der Waals surface area contributed by atoms with Crippen molar-refractivity contribution in [1.29, 1.82) is 0 Å². The Labute approximate surface area is 185 Å². The molecule has 1 atom stereocenters. The van der Waals surface area contributed by atoms with E-state index in [0.717, 1.165) is 5.56 Å². The van der Waals surface area contributed by atoms with Crippen LogP contribution in [0.4, 0.5) is 5.82 Å². The summed E-state index contributed by atoms with van der Waals surface area (Å²) >= 11 is 0. The van der Waals surface area contributed by atoms with Crippen LogP contribution in [0.1, 0.15) is 37.2 Å². The van der Waals surface area contributed by atoms with Gasteiger partial charge in [-0.15, -0.1) is 0 Å². The first-order valence-corrected chi connectivity index (χ1v) is 10.3. The minimum absolute atomic E-state index is 0.0768. The quantitative estimate of drug-likeness (QED) is 0.460. The summed E-state index contributed by atoms with van der Waals surface area (Å²) in [6.07, 6.45) is 3.93. The lowest BCUT2D eigenvalue weighted by molar-refractivity contribution is -0.123. The molecule has 4 rings (SSSR count). The molecule has 0 saturated carbocycles. The molecule has 1 amide bonds. The van der Waals surface area contributed by atoms with Crippen LogP contribution in [0.5, 0.6) is 0 Å². The Balaban J connectivity index is 1.59. The Morgan fingerprint density at radius 1 is 1.00 bits per heavy atom. The Morgan fingerprint density at radius 3 is 2.50 bits per heavy atom. The molecule has 0 aliphatic heterocycles. The van der Waals surface area contributed by atoms with Crippen molar-refractivity contribution >= 4 is 28.6 Å². The van der Waals surface area contributed by atoms with Gasteiger partial charge in [-0.3, -0.25) is 9.78 Å². The highest BCUT2D eigenvalue weighted by Gasteiger charge is 2.23. The molecule has 3 aromatic heterocycles. The van der Waals surface area contributed by atoms with Gasteiger partial charge in [0.05, 0.1) is 23.0 Å².